The van der Waals surface area contributed by atoms with Crippen LogP contribution in [-0.2, 0) is 17.9 Å². The maximum Gasteiger partial charge on any atom is 0.261 e. The number of benzene rings is 2. The summed E-state index contributed by atoms with van der Waals surface area (Å²) in [6.45, 7) is 5.88. The van der Waals surface area contributed by atoms with Gasteiger partial charge in [0.25, 0.3) is 11.8 Å². The van der Waals surface area contributed by atoms with Crippen LogP contribution in [0.3, 0.4) is 0 Å². The molecule has 5 heteroatoms. The summed E-state index contributed by atoms with van der Waals surface area (Å²) in [5.74, 6) is 1.06. The first-order valence-corrected chi connectivity index (χ1v) is 9.38. The van der Waals surface area contributed by atoms with Gasteiger partial charge in [-0.15, -0.1) is 0 Å². The zero-order valence-corrected chi connectivity index (χ0v) is 15.9. The molecule has 142 valence electrons. The number of nitrogens with zero attached hydrogens (tertiary/aromatic N) is 1. The summed E-state index contributed by atoms with van der Waals surface area (Å²) >= 11 is 0. The van der Waals surface area contributed by atoms with Crippen LogP contribution in [0.25, 0.3) is 0 Å². The van der Waals surface area contributed by atoms with E-state index in [0.29, 0.717) is 36.9 Å². The fourth-order valence-electron chi connectivity index (χ4n) is 3.03. The molecule has 1 N–H and O–H groups in total. The average Bonchev–Trinajstić information content (AvgIpc) is 2.81. The third kappa shape index (κ3) is 5.09. The predicted octanol–water partition coefficient (Wildman–Crippen LogP) is 3.38. The van der Waals surface area contributed by atoms with Crippen LogP contribution in [0.2, 0.25) is 0 Å². The van der Waals surface area contributed by atoms with E-state index in [2.05, 4.69) is 19.2 Å². The molecule has 0 saturated carbocycles. The number of ether oxygens (including phenoxy) is 1. The first kappa shape index (κ1) is 19.0. The first-order chi connectivity index (χ1) is 13.0. The lowest BCUT2D eigenvalue weighted by atomic mass is 10.1. The van der Waals surface area contributed by atoms with E-state index in [1.54, 1.807) is 17.0 Å². The summed E-state index contributed by atoms with van der Waals surface area (Å²) in [6.07, 6.45) is 0.944. The molecule has 0 aliphatic carbocycles. The van der Waals surface area contributed by atoms with Crippen molar-refractivity contribution in [1.29, 1.82) is 0 Å². The Kier molecular flexibility index (Phi) is 6.12. The minimum atomic E-state index is -0.0939. The Morgan fingerprint density at radius 2 is 1.96 bits per heavy atom. The van der Waals surface area contributed by atoms with E-state index in [0.717, 1.165) is 17.5 Å². The molecular weight excluding hydrogens is 340 g/mol. The summed E-state index contributed by atoms with van der Waals surface area (Å²) < 4.78 is 5.65. The number of amides is 2. The molecule has 0 spiro atoms. The molecule has 3 rings (SSSR count). The molecule has 2 amide bonds. The van der Waals surface area contributed by atoms with Gasteiger partial charge in [0.05, 0.1) is 0 Å². The van der Waals surface area contributed by atoms with Crippen molar-refractivity contribution < 1.29 is 14.3 Å². The summed E-state index contributed by atoms with van der Waals surface area (Å²) in [5, 5.41) is 2.95. The number of carbonyl (C=O) groups excluding carboxylic acids is 2. The second-order valence-electron chi connectivity index (χ2n) is 7.28. The van der Waals surface area contributed by atoms with E-state index in [4.69, 9.17) is 4.74 Å². The molecule has 0 bridgehead atoms. The van der Waals surface area contributed by atoms with E-state index in [9.17, 15) is 9.59 Å². The van der Waals surface area contributed by atoms with E-state index in [1.165, 1.54) is 0 Å². The molecule has 2 aromatic carbocycles. The topological polar surface area (TPSA) is 58.6 Å². The monoisotopic (exact) mass is 366 g/mol. The minimum Gasteiger partial charge on any atom is -0.483 e. The smallest absolute Gasteiger partial charge is 0.261 e. The van der Waals surface area contributed by atoms with E-state index < -0.39 is 0 Å². The lowest BCUT2D eigenvalue weighted by Crippen LogP contribution is -2.31. The van der Waals surface area contributed by atoms with Crippen molar-refractivity contribution in [2.75, 3.05) is 13.2 Å². The molecule has 0 fully saturated rings. The van der Waals surface area contributed by atoms with Gasteiger partial charge in [0.15, 0.2) is 6.61 Å². The van der Waals surface area contributed by atoms with Gasteiger partial charge in [-0.05, 0) is 36.1 Å². The van der Waals surface area contributed by atoms with Gasteiger partial charge < -0.3 is 15.0 Å². The Morgan fingerprint density at radius 1 is 1.19 bits per heavy atom. The third-order valence-corrected chi connectivity index (χ3v) is 4.61. The van der Waals surface area contributed by atoms with Crippen LogP contribution in [0.4, 0.5) is 0 Å². The maximum absolute atomic E-state index is 12.4. The fourth-order valence-corrected chi connectivity index (χ4v) is 3.03. The zero-order chi connectivity index (χ0) is 19.2. The second-order valence-corrected chi connectivity index (χ2v) is 7.28. The largest absolute Gasteiger partial charge is 0.483 e. The van der Waals surface area contributed by atoms with Crippen molar-refractivity contribution in [3.63, 3.8) is 0 Å². The molecule has 0 unspecified atom stereocenters. The van der Waals surface area contributed by atoms with Gasteiger partial charge in [-0.2, -0.15) is 0 Å². The third-order valence-electron chi connectivity index (χ3n) is 4.61. The van der Waals surface area contributed by atoms with E-state index in [-0.39, 0.29) is 18.4 Å². The van der Waals surface area contributed by atoms with Crippen molar-refractivity contribution in [2.24, 2.45) is 5.92 Å². The summed E-state index contributed by atoms with van der Waals surface area (Å²) in [5.41, 5.74) is 2.51. The molecule has 1 aliphatic heterocycles. The molecule has 5 nitrogen and oxygen atoms in total. The Hall–Kier alpha value is -2.82. The van der Waals surface area contributed by atoms with Crippen LogP contribution in [0.5, 0.6) is 5.75 Å². The van der Waals surface area contributed by atoms with Gasteiger partial charge >= 0.3 is 0 Å². The van der Waals surface area contributed by atoms with Gasteiger partial charge in [-0.25, -0.2) is 0 Å². The predicted molar refractivity (Wildman–Crippen MR) is 104 cm³/mol. The fraction of sp³-hybridized carbons (Fsp3) is 0.364. The molecule has 0 radical (unpaired) electrons. The summed E-state index contributed by atoms with van der Waals surface area (Å²) in [6, 6.07) is 15.2. The molecule has 2 aromatic rings. The van der Waals surface area contributed by atoms with Crippen LogP contribution in [0.15, 0.2) is 48.5 Å². The molecule has 1 heterocycles. The highest BCUT2D eigenvalue weighted by Gasteiger charge is 2.22. The molecule has 27 heavy (non-hydrogen) atoms. The van der Waals surface area contributed by atoms with Gasteiger partial charge in [-0.1, -0.05) is 44.2 Å². The van der Waals surface area contributed by atoms with Crippen molar-refractivity contribution in [3.05, 3.63) is 65.2 Å². The number of fused-ring (bicyclic) bond motifs is 1. The summed E-state index contributed by atoms with van der Waals surface area (Å²) in [4.78, 5) is 26.6. The Morgan fingerprint density at radius 3 is 2.70 bits per heavy atom. The van der Waals surface area contributed by atoms with Crippen molar-refractivity contribution in [2.45, 2.75) is 33.4 Å². The second kappa shape index (κ2) is 8.71. The molecule has 0 atom stereocenters. The van der Waals surface area contributed by atoms with Crippen LogP contribution in [0, 0.1) is 5.92 Å². The quantitative estimate of drug-likeness (QED) is 0.853. The molecule has 1 aliphatic rings. The van der Waals surface area contributed by atoms with Crippen LogP contribution >= 0.6 is 0 Å². The highest BCUT2D eigenvalue weighted by atomic mass is 16.5. The Balaban J connectivity index is 1.73. The Bertz CT molecular complexity index is 802. The van der Waals surface area contributed by atoms with Gasteiger partial charge in [0, 0.05) is 30.8 Å². The van der Waals surface area contributed by atoms with Crippen molar-refractivity contribution in [1.82, 2.24) is 10.2 Å². The minimum absolute atomic E-state index is 0.0137. The standard InChI is InChI=1S/C22H26N2O3/c1-16(2)10-11-23-22(26)18-8-9-20-19(12-18)14-24(21(25)15-27-20)13-17-6-4-3-5-7-17/h3-9,12,16H,10-11,13-15H2,1-2H3,(H,23,26). The molecular formula is C22H26N2O3. The lowest BCUT2D eigenvalue weighted by molar-refractivity contribution is -0.133. The number of nitrogens with one attached hydrogen (secondary N) is 1. The van der Waals surface area contributed by atoms with Gasteiger partial charge in [0.2, 0.25) is 0 Å². The molecule has 0 aromatic heterocycles. The number of carbonyl (C=O) groups is 2. The maximum atomic E-state index is 12.4. The highest BCUT2D eigenvalue weighted by molar-refractivity contribution is 5.94. The zero-order valence-electron chi connectivity index (χ0n) is 15.9. The van der Waals surface area contributed by atoms with Crippen LogP contribution < -0.4 is 10.1 Å². The van der Waals surface area contributed by atoms with E-state index in [1.807, 2.05) is 36.4 Å². The van der Waals surface area contributed by atoms with Gasteiger partial charge in [0.1, 0.15) is 5.75 Å². The van der Waals surface area contributed by atoms with Crippen LogP contribution in [0.1, 0.15) is 41.8 Å². The van der Waals surface area contributed by atoms with Crippen molar-refractivity contribution >= 4 is 11.8 Å². The van der Waals surface area contributed by atoms with Crippen LogP contribution in [-0.4, -0.2) is 29.9 Å². The number of rotatable bonds is 6. The van der Waals surface area contributed by atoms with Gasteiger partial charge in [-0.3, -0.25) is 9.59 Å². The number of hydrogen-bond donors (Lipinski definition) is 1. The lowest BCUT2D eigenvalue weighted by Gasteiger charge is -2.20. The normalized spacial score (nSPS) is 13.7. The molecule has 0 saturated heterocycles. The first-order valence-electron chi connectivity index (χ1n) is 9.38. The average molecular weight is 366 g/mol. The Labute approximate surface area is 160 Å². The number of hydrogen-bond acceptors (Lipinski definition) is 3. The van der Waals surface area contributed by atoms with E-state index >= 15 is 0 Å². The SMILES string of the molecule is CC(C)CCNC(=O)c1ccc2c(c1)CN(Cc1ccccc1)C(=O)CO2. The summed E-state index contributed by atoms with van der Waals surface area (Å²) in [7, 11) is 0. The van der Waals surface area contributed by atoms with Crippen molar-refractivity contribution in [3.8, 4) is 5.75 Å². The highest BCUT2D eigenvalue weighted by Crippen LogP contribution is 2.25.